The summed E-state index contributed by atoms with van der Waals surface area (Å²) in [4.78, 5) is 27.6. The molecule has 0 bridgehead atoms. The number of halogens is 2. The van der Waals surface area contributed by atoms with E-state index in [9.17, 15) is 4.79 Å². The third-order valence-electron chi connectivity index (χ3n) is 4.02. The van der Waals surface area contributed by atoms with Crippen LogP contribution in [0.25, 0.3) is 4.85 Å². The van der Waals surface area contributed by atoms with Crippen molar-refractivity contribution in [2.24, 2.45) is 5.92 Å². The molecule has 2 heterocycles. The minimum atomic E-state index is 0.0640. The zero-order valence-electron chi connectivity index (χ0n) is 12.1. The van der Waals surface area contributed by atoms with Crippen molar-refractivity contribution in [2.45, 2.75) is 25.8 Å². The van der Waals surface area contributed by atoms with E-state index in [4.69, 9.17) is 29.8 Å². The average molecular weight is 340 g/mol. The first-order valence-electron chi connectivity index (χ1n) is 7.17. The summed E-state index contributed by atoms with van der Waals surface area (Å²) in [6.45, 7) is 10.9. The number of anilines is 1. The maximum atomic E-state index is 12.2. The maximum absolute atomic E-state index is 12.2. The predicted molar refractivity (Wildman–Crippen MR) is 84.4 cm³/mol. The van der Waals surface area contributed by atoms with Gasteiger partial charge < -0.3 is 9.80 Å². The third-order valence-corrected chi connectivity index (χ3v) is 4.55. The molecule has 1 aromatic rings. The van der Waals surface area contributed by atoms with Crippen LogP contribution in [0.3, 0.4) is 0 Å². The van der Waals surface area contributed by atoms with E-state index in [1.54, 1.807) is 0 Å². The van der Waals surface area contributed by atoms with Crippen LogP contribution >= 0.6 is 23.2 Å². The normalized spacial score (nSPS) is 21.6. The lowest BCUT2D eigenvalue weighted by Gasteiger charge is -2.40. The first kappa shape index (κ1) is 15.3. The number of carbonyl (C=O) groups is 1. The molecule has 0 N–H and O–H groups in total. The van der Waals surface area contributed by atoms with Crippen molar-refractivity contribution in [3.63, 3.8) is 0 Å². The van der Waals surface area contributed by atoms with Gasteiger partial charge >= 0.3 is 0 Å². The fraction of sp³-hybridized carbons (Fsp3) is 0.571. The largest absolute Gasteiger partial charge is 0.337 e. The molecule has 6 nitrogen and oxygen atoms in total. The molecule has 8 heteroatoms. The third kappa shape index (κ3) is 2.83. The van der Waals surface area contributed by atoms with Crippen molar-refractivity contribution in [1.82, 2.24) is 14.9 Å². The van der Waals surface area contributed by atoms with Crippen LogP contribution in [0.1, 0.15) is 19.8 Å². The summed E-state index contributed by atoms with van der Waals surface area (Å²) >= 11 is 12.0. The van der Waals surface area contributed by atoms with Crippen LogP contribution in [0, 0.1) is 12.5 Å². The molecule has 1 aromatic heterocycles. The smallest absolute Gasteiger partial charge is 0.260 e. The molecule has 1 atom stereocenters. The van der Waals surface area contributed by atoms with Gasteiger partial charge in [0.05, 0.1) is 6.57 Å². The van der Waals surface area contributed by atoms with E-state index in [0.29, 0.717) is 25.6 Å². The van der Waals surface area contributed by atoms with Crippen LogP contribution in [-0.2, 0) is 4.79 Å². The van der Waals surface area contributed by atoms with Crippen LogP contribution in [0.15, 0.2) is 0 Å². The zero-order chi connectivity index (χ0) is 15.9. The molecule has 0 aromatic carbocycles. The Labute approximate surface area is 138 Å². The van der Waals surface area contributed by atoms with Crippen LogP contribution in [-0.4, -0.2) is 46.5 Å². The predicted octanol–water partition coefficient (Wildman–Crippen LogP) is 2.78. The van der Waals surface area contributed by atoms with E-state index in [-0.39, 0.29) is 33.9 Å². The highest BCUT2D eigenvalue weighted by Crippen LogP contribution is 2.34. The molecule has 22 heavy (non-hydrogen) atoms. The average Bonchev–Trinajstić information content (AvgIpc) is 3.30. The highest BCUT2D eigenvalue weighted by Gasteiger charge is 2.37. The van der Waals surface area contributed by atoms with E-state index in [2.05, 4.69) is 14.8 Å². The van der Waals surface area contributed by atoms with Crippen LogP contribution < -0.4 is 4.90 Å². The van der Waals surface area contributed by atoms with Crippen molar-refractivity contribution in [3.8, 4) is 0 Å². The van der Waals surface area contributed by atoms with Gasteiger partial charge in [0.2, 0.25) is 11.9 Å². The number of hydrogen-bond donors (Lipinski definition) is 0. The Morgan fingerprint density at radius 2 is 1.91 bits per heavy atom. The van der Waals surface area contributed by atoms with Gasteiger partial charge in [0.25, 0.3) is 5.69 Å². The molecule has 0 radical (unpaired) electrons. The van der Waals surface area contributed by atoms with Crippen molar-refractivity contribution in [1.29, 1.82) is 0 Å². The van der Waals surface area contributed by atoms with Crippen LogP contribution in [0.2, 0.25) is 10.3 Å². The Balaban J connectivity index is 1.75. The van der Waals surface area contributed by atoms with Gasteiger partial charge in [0, 0.05) is 31.6 Å². The molecular weight excluding hydrogens is 325 g/mol. The first-order chi connectivity index (χ1) is 10.5. The van der Waals surface area contributed by atoms with Gasteiger partial charge in [-0.1, -0.05) is 23.2 Å². The molecule has 2 aliphatic rings. The van der Waals surface area contributed by atoms with Crippen molar-refractivity contribution >= 4 is 40.7 Å². The van der Waals surface area contributed by atoms with Crippen molar-refractivity contribution in [2.75, 3.05) is 24.5 Å². The Hall–Kier alpha value is -1.58. The van der Waals surface area contributed by atoms with Gasteiger partial charge in [-0.05, 0) is 19.8 Å². The van der Waals surface area contributed by atoms with E-state index >= 15 is 0 Å². The minimum Gasteiger partial charge on any atom is -0.337 e. The van der Waals surface area contributed by atoms with Gasteiger partial charge in [-0.15, -0.1) is 0 Å². The molecule has 0 spiro atoms. The molecule has 1 saturated heterocycles. The Morgan fingerprint density at radius 1 is 1.27 bits per heavy atom. The molecular formula is C14H15Cl2N5O. The zero-order valence-corrected chi connectivity index (χ0v) is 13.6. The number of hydrogen-bond acceptors (Lipinski definition) is 4. The number of aromatic nitrogens is 2. The van der Waals surface area contributed by atoms with Gasteiger partial charge in [0.15, 0.2) is 0 Å². The minimum absolute atomic E-state index is 0.0640. The Morgan fingerprint density at radius 3 is 2.41 bits per heavy atom. The van der Waals surface area contributed by atoms with Gasteiger partial charge in [0.1, 0.15) is 10.3 Å². The number of amides is 1. The lowest BCUT2D eigenvalue weighted by atomic mass is 10.1. The monoisotopic (exact) mass is 339 g/mol. The maximum Gasteiger partial charge on any atom is 0.260 e. The summed E-state index contributed by atoms with van der Waals surface area (Å²) < 4.78 is 0. The summed E-state index contributed by atoms with van der Waals surface area (Å²) in [6, 6.07) is 0.0866. The molecule has 116 valence electrons. The van der Waals surface area contributed by atoms with Crippen molar-refractivity contribution in [3.05, 3.63) is 21.7 Å². The van der Waals surface area contributed by atoms with Gasteiger partial charge in [-0.25, -0.2) is 14.8 Å². The second kappa shape index (κ2) is 5.90. The Bertz CT molecular complexity index is 632. The molecule has 1 saturated carbocycles. The second-order valence-corrected chi connectivity index (χ2v) is 6.38. The van der Waals surface area contributed by atoms with E-state index in [1.807, 2.05) is 16.7 Å². The van der Waals surface area contributed by atoms with Crippen LogP contribution in [0.5, 0.6) is 0 Å². The van der Waals surface area contributed by atoms with E-state index in [0.717, 1.165) is 12.8 Å². The van der Waals surface area contributed by atoms with Crippen molar-refractivity contribution < 1.29 is 4.79 Å². The molecule has 1 aliphatic carbocycles. The molecule has 2 fully saturated rings. The standard InChI is InChI=1S/C14H15Cl2N5O/c1-8-7-20(5-6-21(8)13(22)9-3-4-9)14-18-11(15)10(17-2)12(16)19-14/h8-9H,3-7H2,1H3/t8-/m1/s1. The highest BCUT2D eigenvalue weighted by molar-refractivity contribution is 6.37. The van der Waals surface area contributed by atoms with Gasteiger partial charge in [-0.2, -0.15) is 0 Å². The lowest BCUT2D eigenvalue weighted by molar-refractivity contribution is -0.134. The topological polar surface area (TPSA) is 53.7 Å². The van der Waals surface area contributed by atoms with Gasteiger partial charge in [-0.3, -0.25) is 4.79 Å². The number of piperazine rings is 1. The van der Waals surface area contributed by atoms with E-state index < -0.39 is 0 Å². The SMILES string of the molecule is [C-]#[N+]c1c(Cl)nc(N2CCN(C(=O)C3CC3)[C@H](C)C2)nc1Cl. The fourth-order valence-electron chi connectivity index (χ4n) is 2.66. The molecule has 1 amide bonds. The summed E-state index contributed by atoms with van der Waals surface area (Å²) in [7, 11) is 0. The number of rotatable bonds is 2. The summed E-state index contributed by atoms with van der Waals surface area (Å²) in [5, 5.41) is 0.128. The highest BCUT2D eigenvalue weighted by atomic mass is 35.5. The first-order valence-corrected chi connectivity index (χ1v) is 7.92. The number of nitrogens with zero attached hydrogens (tertiary/aromatic N) is 5. The fourth-order valence-corrected chi connectivity index (χ4v) is 3.12. The number of carbonyl (C=O) groups excluding carboxylic acids is 1. The molecule has 0 unspecified atom stereocenters. The molecule has 1 aliphatic heterocycles. The summed E-state index contributed by atoms with van der Waals surface area (Å²) in [5.41, 5.74) is 0.0719. The quantitative estimate of drug-likeness (QED) is 0.614. The Kier molecular flexibility index (Phi) is 4.11. The van der Waals surface area contributed by atoms with E-state index in [1.165, 1.54) is 0 Å². The molecule has 3 rings (SSSR count). The van der Waals surface area contributed by atoms with Crippen LogP contribution in [0.4, 0.5) is 11.6 Å². The second-order valence-electron chi connectivity index (χ2n) is 5.67. The summed E-state index contributed by atoms with van der Waals surface area (Å²) in [6.07, 6.45) is 2.02. The summed E-state index contributed by atoms with van der Waals surface area (Å²) in [5.74, 6) is 0.896. The lowest BCUT2D eigenvalue weighted by Crippen LogP contribution is -2.54.